The van der Waals surface area contributed by atoms with E-state index in [9.17, 15) is 10.1 Å². The Bertz CT molecular complexity index is 943. The molecular formula is C20H17N3O. The molecular weight excluding hydrogens is 298 g/mol. The smallest absolute Gasteiger partial charge is 0.266 e. The molecule has 24 heavy (non-hydrogen) atoms. The van der Waals surface area contributed by atoms with Crippen LogP contribution in [-0.2, 0) is 11.2 Å². The molecule has 1 aromatic heterocycles. The van der Waals surface area contributed by atoms with Crippen molar-refractivity contribution in [2.24, 2.45) is 0 Å². The zero-order valence-electron chi connectivity index (χ0n) is 13.3. The lowest BCUT2D eigenvalue weighted by atomic mass is 10.1. The number of aromatic nitrogens is 1. The first kappa shape index (κ1) is 15.6. The molecule has 0 unspecified atom stereocenters. The molecule has 2 aromatic carbocycles. The first-order valence-corrected chi connectivity index (χ1v) is 7.79. The largest absolute Gasteiger partial charge is 0.361 e. The molecule has 0 saturated carbocycles. The first-order valence-electron chi connectivity index (χ1n) is 7.79. The molecule has 1 amide bonds. The maximum absolute atomic E-state index is 12.3. The zero-order chi connectivity index (χ0) is 16.9. The Hall–Kier alpha value is -3.32. The topological polar surface area (TPSA) is 68.7 Å². The van der Waals surface area contributed by atoms with Gasteiger partial charge in [-0.2, -0.15) is 5.26 Å². The fourth-order valence-corrected chi connectivity index (χ4v) is 2.54. The number of aryl methyl sites for hydroxylation is 1. The van der Waals surface area contributed by atoms with Gasteiger partial charge in [-0.25, -0.2) is 0 Å². The molecule has 0 bridgehead atoms. The van der Waals surface area contributed by atoms with Gasteiger partial charge in [0.15, 0.2) is 0 Å². The molecule has 4 nitrogen and oxygen atoms in total. The van der Waals surface area contributed by atoms with Gasteiger partial charge in [-0.05, 0) is 36.3 Å². The summed E-state index contributed by atoms with van der Waals surface area (Å²) in [4.78, 5) is 15.5. The van der Waals surface area contributed by atoms with E-state index in [1.807, 2.05) is 54.6 Å². The van der Waals surface area contributed by atoms with Crippen molar-refractivity contribution in [3.05, 3.63) is 71.4 Å². The van der Waals surface area contributed by atoms with Crippen LogP contribution in [0.5, 0.6) is 0 Å². The lowest BCUT2D eigenvalue weighted by molar-refractivity contribution is -0.112. The van der Waals surface area contributed by atoms with E-state index in [1.165, 1.54) is 5.56 Å². The molecule has 0 aliphatic carbocycles. The van der Waals surface area contributed by atoms with Crippen LogP contribution >= 0.6 is 0 Å². The van der Waals surface area contributed by atoms with Crippen molar-refractivity contribution in [3.8, 4) is 6.07 Å². The minimum absolute atomic E-state index is 0.0688. The molecule has 0 radical (unpaired) electrons. The van der Waals surface area contributed by atoms with Gasteiger partial charge in [0.25, 0.3) is 5.91 Å². The van der Waals surface area contributed by atoms with E-state index < -0.39 is 5.91 Å². The highest BCUT2D eigenvalue weighted by Gasteiger charge is 2.11. The summed E-state index contributed by atoms with van der Waals surface area (Å²) in [6, 6.07) is 17.4. The third-order valence-electron chi connectivity index (χ3n) is 3.91. The Balaban J connectivity index is 1.84. The van der Waals surface area contributed by atoms with Gasteiger partial charge in [0.05, 0.1) is 0 Å². The van der Waals surface area contributed by atoms with E-state index >= 15 is 0 Å². The first-order chi connectivity index (χ1) is 11.7. The number of rotatable bonds is 4. The van der Waals surface area contributed by atoms with Gasteiger partial charge in [0.1, 0.15) is 11.6 Å². The average molecular weight is 315 g/mol. The number of nitrogens with one attached hydrogen (secondary N) is 2. The summed E-state index contributed by atoms with van der Waals surface area (Å²) in [6.07, 6.45) is 4.35. The quantitative estimate of drug-likeness (QED) is 0.557. The third kappa shape index (κ3) is 3.21. The van der Waals surface area contributed by atoms with E-state index in [4.69, 9.17) is 0 Å². The molecule has 1 heterocycles. The number of hydrogen-bond acceptors (Lipinski definition) is 2. The number of benzene rings is 2. The van der Waals surface area contributed by atoms with Gasteiger partial charge in [0, 0.05) is 28.4 Å². The number of anilines is 1. The van der Waals surface area contributed by atoms with Crippen molar-refractivity contribution in [3.63, 3.8) is 0 Å². The monoisotopic (exact) mass is 315 g/mol. The van der Waals surface area contributed by atoms with Crippen LogP contribution in [0.1, 0.15) is 18.1 Å². The minimum Gasteiger partial charge on any atom is -0.361 e. The number of hydrogen-bond donors (Lipinski definition) is 2. The Morgan fingerprint density at radius 1 is 1.21 bits per heavy atom. The molecule has 0 spiro atoms. The molecule has 0 atom stereocenters. The van der Waals surface area contributed by atoms with E-state index in [1.54, 1.807) is 12.3 Å². The molecule has 3 rings (SSSR count). The predicted octanol–water partition coefficient (Wildman–Crippen LogP) is 4.28. The lowest BCUT2D eigenvalue weighted by Crippen LogP contribution is -2.13. The predicted molar refractivity (Wildman–Crippen MR) is 96.3 cm³/mol. The van der Waals surface area contributed by atoms with Crippen LogP contribution in [0.15, 0.2) is 60.3 Å². The van der Waals surface area contributed by atoms with Gasteiger partial charge in [-0.1, -0.05) is 37.3 Å². The fourth-order valence-electron chi connectivity index (χ4n) is 2.54. The summed E-state index contributed by atoms with van der Waals surface area (Å²) in [5, 5.41) is 13.1. The summed E-state index contributed by atoms with van der Waals surface area (Å²) in [6.45, 7) is 2.07. The summed E-state index contributed by atoms with van der Waals surface area (Å²) in [7, 11) is 0. The van der Waals surface area contributed by atoms with E-state index in [0.29, 0.717) is 5.69 Å². The van der Waals surface area contributed by atoms with Crippen LogP contribution in [0.4, 0.5) is 5.69 Å². The van der Waals surface area contributed by atoms with E-state index in [0.717, 1.165) is 22.9 Å². The van der Waals surface area contributed by atoms with Crippen molar-refractivity contribution in [1.29, 1.82) is 5.26 Å². The SMILES string of the molecule is CCc1ccc(NC(=O)C(C#N)=Cc2c[nH]c3ccccc23)cc1. The molecule has 0 aliphatic heterocycles. The molecule has 0 aliphatic rings. The minimum atomic E-state index is -0.410. The van der Waals surface area contributed by atoms with Crippen LogP contribution in [0, 0.1) is 11.3 Å². The Labute approximate surface area is 140 Å². The highest BCUT2D eigenvalue weighted by atomic mass is 16.1. The maximum Gasteiger partial charge on any atom is 0.266 e. The van der Waals surface area contributed by atoms with Crippen molar-refractivity contribution in [2.75, 3.05) is 5.32 Å². The van der Waals surface area contributed by atoms with E-state index in [2.05, 4.69) is 17.2 Å². The highest BCUT2D eigenvalue weighted by molar-refractivity contribution is 6.10. The molecule has 118 valence electrons. The summed E-state index contributed by atoms with van der Waals surface area (Å²) in [5.74, 6) is -0.410. The fraction of sp³-hybridized carbons (Fsp3) is 0.100. The number of nitriles is 1. The van der Waals surface area contributed by atoms with Crippen LogP contribution < -0.4 is 5.32 Å². The summed E-state index contributed by atoms with van der Waals surface area (Å²) in [5.41, 5.74) is 3.73. The van der Waals surface area contributed by atoms with Gasteiger partial charge >= 0.3 is 0 Å². The van der Waals surface area contributed by atoms with Gasteiger partial charge in [-0.3, -0.25) is 4.79 Å². The highest BCUT2D eigenvalue weighted by Crippen LogP contribution is 2.20. The van der Waals surface area contributed by atoms with Gasteiger partial charge < -0.3 is 10.3 Å². The number of carbonyl (C=O) groups is 1. The van der Waals surface area contributed by atoms with Gasteiger partial charge in [0.2, 0.25) is 0 Å². The number of amides is 1. The Morgan fingerprint density at radius 3 is 2.67 bits per heavy atom. The number of H-pyrrole nitrogens is 1. The number of nitrogens with zero attached hydrogens (tertiary/aromatic N) is 1. The number of carbonyl (C=O) groups excluding carboxylic acids is 1. The van der Waals surface area contributed by atoms with Crippen LogP contribution in [-0.4, -0.2) is 10.9 Å². The van der Waals surface area contributed by atoms with E-state index in [-0.39, 0.29) is 5.57 Å². The van der Waals surface area contributed by atoms with Gasteiger partial charge in [-0.15, -0.1) is 0 Å². The number of para-hydroxylation sites is 1. The zero-order valence-corrected chi connectivity index (χ0v) is 13.3. The molecule has 2 N–H and O–H groups in total. The van der Waals surface area contributed by atoms with Crippen molar-refractivity contribution in [2.45, 2.75) is 13.3 Å². The second-order valence-electron chi connectivity index (χ2n) is 5.46. The average Bonchev–Trinajstić information content (AvgIpc) is 3.03. The Kier molecular flexibility index (Phi) is 4.44. The second-order valence-corrected chi connectivity index (χ2v) is 5.46. The normalized spacial score (nSPS) is 11.2. The lowest BCUT2D eigenvalue weighted by Gasteiger charge is -2.05. The number of fused-ring (bicyclic) bond motifs is 1. The molecule has 0 saturated heterocycles. The van der Waals surface area contributed by atoms with Crippen LogP contribution in [0.2, 0.25) is 0 Å². The number of aromatic amines is 1. The Morgan fingerprint density at radius 2 is 1.96 bits per heavy atom. The summed E-state index contributed by atoms with van der Waals surface area (Å²) < 4.78 is 0. The molecule has 0 fully saturated rings. The van der Waals surface area contributed by atoms with Crippen LogP contribution in [0.3, 0.4) is 0 Å². The van der Waals surface area contributed by atoms with Crippen molar-refractivity contribution in [1.82, 2.24) is 4.98 Å². The maximum atomic E-state index is 12.3. The molecule has 3 aromatic rings. The second kappa shape index (κ2) is 6.84. The van der Waals surface area contributed by atoms with Crippen molar-refractivity contribution < 1.29 is 4.79 Å². The standard InChI is InChI=1S/C20H17N3O/c1-2-14-7-9-17(10-8-14)23-20(24)15(12-21)11-16-13-22-19-6-4-3-5-18(16)19/h3-11,13,22H,2H2,1H3,(H,23,24). The van der Waals surface area contributed by atoms with Crippen LogP contribution in [0.25, 0.3) is 17.0 Å². The third-order valence-corrected chi connectivity index (χ3v) is 3.91. The van der Waals surface area contributed by atoms with Crippen molar-refractivity contribution >= 4 is 28.6 Å². The molecule has 4 heteroatoms. The summed E-state index contributed by atoms with van der Waals surface area (Å²) >= 11 is 0.